The fourth-order valence-corrected chi connectivity index (χ4v) is 8.74. The van der Waals surface area contributed by atoms with Crippen LogP contribution in [0.25, 0.3) is 76.9 Å². The first kappa shape index (κ1) is 31.6. The van der Waals surface area contributed by atoms with Gasteiger partial charge in [0.25, 0.3) is 0 Å². The van der Waals surface area contributed by atoms with Gasteiger partial charge >= 0.3 is 0 Å². The summed E-state index contributed by atoms with van der Waals surface area (Å²) in [6.45, 7) is 0. The van der Waals surface area contributed by atoms with Crippen molar-refractivity contribution in [1.82, 2.24) is 14.5 Å². The van der Waals surface area contributed by atoms with Crippen LogP contribution in [0.3, 0.4) is 0 Å². The van der Waals surface area contributed by atoms with Gasteiger partial charge in [-0.2, -0.15) is 0 Å². The van der Waals surface area contributed by atoms with E-state index >= 15 is 0 Å². The lowest BCUT2D eigenvalue weighted by Gasteiger charge is -2.23. The highest BCUT2D eigenvalue weighted by molar-refractivity contribution is 6.20. The zero-order valence-corrected chi connectivity index (χ0v) is 30.7. The van der Waals surface area contributed by atoms with E-state index in [9.17, 15) is 0 Å². The van der Waals surface area contributed by atoms with Gasteiger partial charge in [-0.25, -0.2) is 9.98 Å². The van der Waals surface area contributed by atoms with Crippen molar-refractivity contribution >= 4 is 77.2 Å². The summed E-state index contributed by atoms with van der Waals surface area (Å²) in [5.74, 6) is 1.45. The number of fused-ring (bicyclic) bond motifs is 9. The first-order chi connectivity index (χ1) is 28.2. The fraction of sp³-hybridized carbons (Fsp3) is 0.0196. The average Bonchev–Trinajstić information content (AvgIpc) is 3.92. The van der Waals surface area contributed by atoms with E-state index in [1.54, 1.807) is 0 Å². The quantitative estimate of drug-likeness (QED) is 0.192. The third-order valence-electron chi connectivity index (χ3n) is 11.4. The summed E-state index contributed by atoms with van der Waals surface area (Å²) in [6.07, 6.45) is -0.274. The van der Waals surface area contributed by atoms with E-state index in [2.05, 4.69) is 166 Å². The minimum Gasteiger partial charge on any atom is -0.456 e. The number of furan rings is 1. The van der Waals surface area contributed by atoms with Gasteiger partial charge in [-0.1, -0.05) is 121 Å². The molecule has 268 valence electrons. The van der Waals surface area contributed by atoms with Crippen LogP contribution in [-0.2, 0) is 0 Å². The SMILES string of the molecule is c1ccc(C2=NC(c3ccccc3)NC(c3ccc4c(c3)oc3cc(-n5c6ccccc6c6cc7c8ccccc8n(-c8ccccc8)c7cc65)ccc34)=N2)cc1. The van der Waals surface area contributed by atoms with Crippen molar-refractivity contribution in [2.45, 2.75) is 6.17 Å². The van der Waals surface area contributed by atoms with Crippen molar-refractivity contribution in [2.24, 2.45) is 9.98 Å². The maximum absolute atomic E-state index is 6.73. The molecule has 1 unspecified atom stereocenters. The molecule has 0 saturated carbocycles. The Morgan fingerprint density at radius 2 is 1.00 bits per heavy atom. The highest BCUT2D eigenvalue weighted by atomic mass is 16.3. The molecule has 0 fully saturated rings. The first-order valence-corrected chi connectivity index (χ1v) is 19.3. The molecule has 0 saturated heterocycles. The van der Waals surface area contributed by atoms with Crippen LogP contribution in [0, 0.1) is 0 Å². The molecule has 0 aliphatic carbocycles. The number of nitrogens with one attached hydrogen (secondary N) is 1. The van der Waals surface area contributed by atoms with Crippen LogP contribution in [0.4, 0.5) is 0 Å². The van der Waals surface area contributed by atoms with E-state index in [-0.39, 0.29) is 6.17 Å². The van der Waals surface area contributed by atoms with Crippen molar-refractivity contribution < 1.29 is 4.42 Å². The highest BCUT2D eigenvalue weighted by Gasteiger charge is 2.23. The molecule has 0 bridgehead atoms. The van der Waals surface area contributed by atoms with Crippen LogP contribution in [0.5, 0.6) is 0 Å². The van der Waals surface area contributed by atoms with Crippen molar-refractivity contribution in [3.63, 3.8) is 0 Å². The molecule has 0 radical (unpaired) electrons. The van der Waals surface area contributed by atoms with E-state index in [1.807, 2.05) is 36.4 Å². The van der Waals surface area contributed by atoms with Gasteiger partial charge in [-0.05, 0) is 66.2 Å². The van der Waals surface area contributed by atoms with Crippen molar-refractivity contribution in [3.8, 4) is 11.4 Å². The molecular formula is C51H33N5O. The second-order valence-corrected chi connectivity index (χ2v) is 14.7. The summed E-state index contributed by atoms with van der Waals surface area (Å²) >= 11 is 0. The standard InChI is InChI=1S/C51H33N5O/c1-4-14-32(15-5-1)49-52-50(33-16-6-2-7-17-33)54-51(53-49)34-24-26-39-40-27-25-36(29-48(40)57-47(39)28-34)56-44-23-13-11-21-38(44)42-30-41-37-20-10-12-22-43(37)55(45(41)31-46(42)56)35-18-8-3-9-19-35/h1-31,49H,(H,52,53,54). The molecule has 1 atom stereocenters. The van der Waals surface area contributed by atoms with Gasteiger partial charge in [0.2, 0.25) is 0 Å². The highest BCUT2D eigenvalue weighted by Crippen LogP contribution is 2.40. The number of para-hydroxylation sites is 3. The molecule has 1 N–H and O–H groups in total. The van der Waals surface area contributed by atoms with E-state index in [0.717, 1.165) is 66.9 Å². The van der Waals surface area contributed by atoms with Crippen LogP contribution >= 0.6 is 0 Å². The van der Waals surface area contributed by atoms with Gasteiger partial charge in [0, 0.05) is 60.9 Å². The molecule has 12 rings (SSSR count). The lowest BCUT2D eigenvalue weighted by atomic mass is 10.1. The van der Waals surface area contributed by atoms with Crippen LogP contribution in [0.2, 0.25) is 0 Å². The summed E-state index contributed by atoms with van der Waals surface area (Å²) in [7, 11) is 0. The molecule has 1 aliphatic rings. The number of rotatable bonds is 5. The van der Waals surface area contributed by atoms with Gasteiger partial charge < -0.3 is 18.9 Å². The van der Waals surface area contributed by atoms with Crippen LogP contribution < -0.4 is 5.32 Å². The summed E-state index contributed by atoms with van der Waals surface area (Å²) < 4.78 is 11.5. The van der Waals surface area contributed by atoms with Crippen LogP contribution in [0.15, 0.2) is 202 Å². The van der Waals surface area contributed by atoms with Crippen molar-refractivity contribution in [3.05, 3.63) is 205 Å². The summed E-state index contributed by atoms with van der Waals surface area (Å²) in [5.41, 5.74) is 11.5. The van der Waals surface area contributed by atoms with E-state index in [1.165, 1.54) is 32.6 Å². The van der Waals surface area contributed by atoms with Gasteiger partial charge in [0.15, 0.2) is 5.84 Å². The predicted octanol–water partition coefficient (Wildman–Crippen LogP) is 12.3. The number of hydrogen-bond acceptors (Lipinski definition) is 4. The van der Waals surface area contributed by atoms with Crippen LogP contribution in [-0.4, -0.2) is 20.8 Å². The summed E-state index contributed by atoms with van der Waals surface area (Å²) in [4.78, 5) is 10.0. The molecule has 1 aliphatic heterocycles. The summed E-state index contributed by atoms with van der Waals surface area (Å²) in [6, 6.07) is 66.2. The van der Waals surface area contributed by atoms with Gasteiger partial charge in [-0.15, -0.1) is 0 Å². The molecule has 4 heterocycles. The first-order valence-electron chi connectivity index (χ1n) is 19.3. The van der Waals surface area contributed by atoms with E-state index < -0.39 is 0 Å². The number of nitrogens with zero attached hydrogens (tertiary/aromatic N) is 4. The predicted molar refractivity (Wildman–Crippen MR) is 234 cm³/mol. The number of hydrogen-bond donors (Lipinski definition) is 1. The lowest BCUT2D eigenvalue weighted by Crippen LogP contribution is -2.33. The van der Waals surface area contributed by atoms with Crippen molar-refractivity contribution in [2.75, 3.05) is 0 Å². The number of benzene rings is 8. The number of aromatic nitrogens is 2. The Hall–Kier alpha value is -7.70. The zero-order valence-electron chi connectivity index (χ0n) is 30.7. The topological polar surface area (TPSA) is 59.8 Å². The van der Waals surface area contributed by atoms with Gasteiger partial charge in [0.05, 0.1) is 22.1 Å². The largest absolute Gasteiger partial charge is 0.456 e. The maximum atomic E-state index is 6.73. The normalized spacial score (nSPS) is 14.5. The molecule has 11 aromatic rings. The number of amidine groups is 2. The van der Waals surface area contributed by atoms with Crippen LogP contribution in [0.1, 0.15) is 22.9 Å². The Labute approximate surface area is 327 Å². The second-order valence-electron chi connectivity index (χ2n) is 14.7. The molecule has 0 amide bonds. The van der Waals surface area contributed by atoms with E-state index in [4.69, 9.17) is 14.4 Å². The average molecular weight is 732 g/mol. The minimum atomic E-state index is -0.274. The molecule has 3 aromatic heterocycles. The summed E-state index contributed by atoms with van der Waals surface area (Å²) in [5, 5.41) is 10.6. The fourth-order valence-electron chi connectivity index (χ4n) is 8.74. The second kappa shape index (κ2) is 12.4. The van der Waals surface area contributed by atoms with Gasteiger partial charge in [0.1, 0.15) is 23.2 Å². The van der Waals surface area contributed by atoms with Crippen molar-refractivity contribution in [1.29, 1.82) is 0 Å². The zero-order chi connectivity index (χ0) is 37.5. The lowest BCUT2D eigenvalue weighted by molar-refractivity contribution is 0.666. The minimum absolute atomic E-state index is 0.274. The molecular weight excluding hydrogens is 699 g/mol. The molecule has 0 spiro atoms. The monoisotopic (exact) mass is 731 g/mol. The Kier molecular flexibility index (Phi) is 6.89. The molecule has 6 heteroatoms. The Morgan fingerprint density at radius 1 is 0.421 bits per heavy atom. The maximum Gasteiger partial charge on any atom is 0.159 e. The molecule has 8 aromatic carbocycles. The Bertz CT molecular complexity index is 3430. The van der Waals surface area contributed by atoms with E-state index in [0.29, 0.717) is 5.84 Å². The Balaban J connectivity index is 1.01. The third-order valence-corrected chi connectivity index (χ3v) is 11.4. The smallest absolute Gasteiger partial charge is 0.159 e. The Morgan fingerprint density at radius 3 is 1.70 bits per heavy atom. The molecule has 6 nitrogen and oxygen atoms in total. The number of aliphatic imine (C=N–C) groups is 2. The molecule has 57 heavy (non-hydrogen) atoms. The van der Waals surface area contributed by atoms with Gasteiger partial charge in [-0.3, -0.25) is 0 Å². The third kappa shape index (κ3) is 4.97.